The van der Waals surface area contributed by atoms with E-state index in [0.29, 0.717) is 11.8 Å². The maximum atomic E-state index is 2.41. The van der Waals surface area contributed by atoms with Gasteiger partial charge in [-0.1, -0.05) is 70.2 Å². The fourth-order valence-corrected chi connectivity index (χ4v) is 3.36. The zero-order valence-corrected chi connectivity index (χ0v) is 13.5. The molecule has 0 N–H and O–H groups in total. The van der Waals surface area contributed by atoms with Crippen LogP contribution in [0.1, 0.15) is 44.7 Å². The highest BCUT2D eigenvalue weighted by atomic mass is 14.2. The van der Waals surface area contributed by atoms with Gasteiger partial charge in [0.15, 0.2) is 0 Å². The summed E-state index contributed by atoms with van der Waals surface area (Å²) in [5, 5.41) is 5.55. The summed E-state index contributed by atoms with van der Waals surface area (Å²) in [7, 11) is 0. The smallest absolute Gasteiger partial charge is 0.0140 e. The van der Waals surface area contributed by atoms with E-state index in [2.05, 4.69) is 76.2 Å². The molecule has 108 valence electrons. The molecule has 0 atom stereocenters. The van der Waals surface area contributed by atoms with Crippen LogP contribution in [0.5, 0.6) is 0 Å². The molecule has 0 unspecified atom stereocenters. The van der Waals surface area contributed by atoms with Gasteiger partial charge in [-0.2, -0.15) is 0 Å². The van der Waals surface area contributed by atoms with Crippen LogP contribution in [-0.4, -0.2) is 0 Å². The minimum absolute atomic E-state index is 0.535. The Morgan fingerprint density at radius 1 is 0.762 bits per heavy atom. The lowest BCUT2D eigenvalue weighted by Crippen LogP contribution is -1.96. The normalized spacial score (nSPS) is 11.9. The first-order valence-corrected chi connectivity index (χ1v) is 8.00. The van der Waals surface area contributed by atoms with Crippen molar-refractivity contribution in [2.45, 2.75) is 40.0 Å². The van der Waals surface area contributed by atoms with Gasteiger partial charge >= 0.3 is 0 Å². The highest BCUT2D eigenvalue weighted by molar-refractivity contribution is 6.02. The third-order valence-corrected chi connectivity index (χ3v) is 4.19. The van der Waals surface area contributed by atoms with Crippen molar-refractivity contribution in [3.8, 4) is 0 Å². The van der Waals surface area contributed by atoms with Crippen LogP contribution in [0.2, 0.25) is 0 Å². The third-order valence-electron chi connectivity index (χ3n) is 4.19. The van der Waals surface area contributed by atoms with Crippen LogP contribution in [-0.2, 0) is 6.42 Å². The molecule has 0 aliphatic rings. The fourth-order valence-electron chi connectivity index (χ4n) is 3.36. The van der Waals surface area contributed by atoms with Crippen LogP contribution in [0, 0.1) is 5.92 Å². The van der Waals surface area contributed by atoms with E-state index in [1.165, 1.54) is 32.7 Å². The topological polar surface area (TPSA) is 0 Å². The minimum Gasteiger partial charge on any atom is -0.0625 e. The lowest BCUT2D eigenvalue weighted by atomic mass is 9.88. The Morgan fingerprint density at radius 2 is 1.48 bits per heavy atom. The summed E-state index contributed by atoms with van der Waals surface area (Å²) in [6.45, 7) is 9.18. The predicted octanol–water partition coefficient (Wildman–Crippen LogP) is 6.31. The van der Waals surface area contributed by atoms with Gasteiger partial charge in [0, 0.05) is 0 Å². The largest absolute Gasteiger partial charge is 0.0625 e. The van der Waals surface area contributed by atoms with Crippen molar-refractivity contribution >= 4 is 21.5 Å². The molecular weight excluding hydrogens is 252 g/mol. The highest BCUT2D eigenvalue weighted by Crippen LogP contribution is 2.34. The summed E-state index contributed by atoms with van der Waals surface area (Å²) in [5.74, 6) is 1.23. The lowest BCUT2D eigenvalue weighted by molar-refractivity contribution is 0.648. The highest BCUT2D eigenvalue weighted by Gasteiger charge is 2.11. The van der Waals surface area contributed by atoms with Gasteiger partial charge in [-0.05, 0) is 57.0 Å². The third kappa shape index (κ3) is 2.68. The molecule has 0 saturated carbocycles. The average molecular weight is 276 g/mol. The van der Waals surface area contributed by atoms with Crippen molar-refractivity contribution < 1.29 is 0 Å². The summed E-state index contributed by atoms with van der Waals surface area (Å²) in [5.41, 5.74) is 2.95. The summed E-state index contributed by atoms with van der Waals surface area (Å²) < 4.78 is 0. The van der Waals surface area contributed by atoms with Gasteiger partial charge in [0.1, 0.15) is 0 Å². The standard InChI is InChI=1S/C21H24/c1-14(2)11-16-9-10-18-13-17-7-5-6-8-19(17)21(15(3)4)20(18)12-16/h5-10,12-15H,11H2,1-4H3. The van der Waals surface area contributed by atoms with Crippen molar-refractivity contribution in [3.05, 3.63) is 59.7 Å². The van der Waals surface area contributed by atoms with Crippen molar-refractivity contribution in [2.75, 3.05) is 0 Å². The monoisotopic (exact) mass is 276 g/mol. The molecule has 0 aliphatic heterocycles. The summed E-state index contributed by atoms with van der Waals surface area (Å²) >= 11 is 0. The molecule has 0 bridgehead atoms. The molecule has 0 fully saturated rings. The summed E-state index contributed by atoms with van der Waals surface area (Å²) in [6.07, 6.45) is 1.15. The van der Waals surface area contributed by atoms with E-state index in [0.717, 1.165) is 6.42 Å². The Morgan fingerprint density at radius 3 is 2.19 bits per heavy atom. The Labute approximate surface area is 127 Å². The second-order valence-electron chi connectivity index (χ2n) is 6.82. The average Bonchev–Trinajstić information content (AvgIpc) is 2.43. The first-order chi connectivity index (χ1) is 10.1. The van der Waals surface area contributed by atoms with Crippen LogP contribution in [0.25, 0.3) is 21.5 Å². The molecule has 21 heavy (non-hydrogen) atoms. The van der Waals surface area contributed by atoms with Crippen LogP contribution in [0.3, 0.4) is 0 Å². The van der Waals surface area contributed by atoms with Crippen molar-refractivity contribution in [2.24, 2.45) is 5.92 Å². The lowest BCUT2D eigenvalue weighted by Gasteiger charge is -2.16. The van der Waals surface area contributed by atoms with Gasteiger partial charge < -0.3 is 0 Å². The molecule has 0 nitrogen and oxygen atoms in total. The molecule has 0 amide bonds. The van der Waals surface area contributed by atoms with Gasteiger partial charge in [-0.25, -0.2) is 0 Å². The zero-order chi connectivity index (χ0) is 15.0. The molecule has 3 rings (SSSR count). The van der Waals surface area contributed by atoms with Crippen molar-refractivity contribution in [1.29, 1.82) is 0 Å². The molecule has 0 aliphatic carbocycles. The molecule has 3 aromatic carbocycles. The van der Waals surface area contributed by atoms with Gasteiger partial charge in [-0.15, -0.1) is 0 Å². The number of hydrogen-bond donors (Lipinski definition) is 0. The van der Waals surface area contributed by atoms with E-state index < -0.39 is 0 Å². The van der Waals surface area contributed by atoms with Crippen LogP contribution in [0.15, 0.2) is 48.5 Å². The number of fused-ring (bicyclic) bond motifs is 2. The molecule has 3 aromatic rings. The van der Waals surface area contributed by atoms with Crippen LogP contribution in [0.4, 0.5) is 0 Å². The molecule has 0 heteroatoms. The van der Waals surface area contributed by atoms with E-state index in [1.54, 1.807) is 0 Å². The minimum atomic E-state index is 0.535. The number of rotatable bonds is 3. The first-order valence-electron chi connectivity index (χ1n) is 8.00. The maximum Gasteiger partial charge on any atom is -0.0140 e. The fraction of sp³-hybridized carbons (Fsp3) is 0.333. The predicted molar refractivity (Wildman–Crippen MR) is 94.1 cm³/mol. The first kappa shape index (κ1) is 14.1. The summed E-state index contributed by atoms with van der Waals surface area (Å²) in [6, 6.07) is 18.1. The molecule has 0 saturated heterocycles. The molecule has 0 heterocycles. The second kappa shape index (κ2) is 5.52. The molecular formula is C21H24. The molecule has 0 aromatic heterocycles. The Kier molecular flexibility index (Phi) is 3.71. The van der Waals surface area contributed by atoms with Gasteiger partial charge in [0.05, 0.1) is 0 Å². The Bertz CT molecular complexity index is 778. The zero-order valence-electron chi connectivity index (χ0n) is 13.5. The van der Waals surface area contributed by atoms with E-state index in [4.69, 9.17) is 0 Å². The number of benzene rings is 3. The van der Waals surface area contributed by atoms with E-state index in [9.17, 15) is 0 Å². The van der Waals surface area contributed by atoms with Gasteiger partial charge in [0.2, 0.25) is 0 Å². The SMILES string of the molecule is CC(C)Cc1ccc2cc3ccccc3c(C(C)C)c2c1. The number of hydrogen-bond acceptors (Lipinski definition) is 0. The van der Waals surface area contributed by atoms with Crippen LogP contribution < -0.4 is 0 Å². The van der Waals surface area contributed by atoms with Gasteiger partial charge in [0.25, 0.3) is 0 Å². The quantitative estimate of drug-likeness (QED) is 0.491. The van der Waals surface area contributed by atoms with Crippen molar-refractivity contribution in [1.82, 2.24) is 0 Å². The van der Waals surface area contributed by atoms with Crippen molar-refractivity contribution in [3.63, 3.8) is 0 Å². The van der Waals surface area contributed by atoms with E-state index in [-0.39, 0.29) is 0 Å². The Hall–Kier alpha value is -1.82. The molecule has 0 spiro atoms. The van der Waals surface area contributed by atoms with E-state index >= 15 is 0 Å². The van der Waals surface area contributed by atoms with Gasteiger partial charge in [-0.3, -0.25) is 0 Å². The maximum absolute atomic E-state index is 2.41. The van der Waals surface area contributed by atoms with E-state index in [1.807, 2.05) is 0 Å². The summed E-state index contributed by atoms with van der Waals surface area (Å²) in [4.78, 5) is 0. The molecule has 0 radical (unpaired) electrons. The Balaban J connectivity index is 2.33. The second-order valence-corrected chi connectivity index (χ2v) is 6.82. The van der Waals surface area contributed by atoms with Crippen LogP contribution >= 0.6 is 0 Å².